The maximum absolute atomic E-state index is 12.6. The van der Waals surface area contributed by atoms with Crippen LogP contribution in [-0.2, 0) is 16.6 Å². The molecule has 1 aromatic heterocycles. The molecule has 2 heterocycles. The standard InChI is InChI=1S/C14H23F3N6O2S/c1-11-9-20-22(10-11)8-5-19-13(18-2)21-12-3-6-23(7-4-12)26(24,25)14(15,16)17/h9-10,12H,3-8H2,1-2H3,(H2,18,19,21). The number of nitrogens with one attached hydrogen (secondary N) is 2. The van der Waals surface area contributed by atoms with Crippen molar-refractivity contribution in [1.82, 2.24) is 24.7 Å². The summed E-state index contributed by atoms with van der Waals surface area (Å²) in [5, 5.41) is 10.4. The number of rotatable bonds is 5. The van der Waals surface area contributed by atoms with Crippen LogP contribution in [-0.4, -0.2) is 66.7 Å². The van der Waals surface area contributed by atoms with Crippen LogP contribution in [0.1, 0.15) is 18.4 Å². The monoisotopic (exact) mass is 396 g/mol. The van der Waals surface area contributed by atoms with Crippen LogP contribution < -0.4 is 10.6 Å². The number of guanidine groups is 1. The largest absolute Gasteiger partial charge is 0.511 e. The van der Waals surface area contributed by atoms with E-state index in [1.165, 1.54) is 0 Å². The molecule has 1 aromatic rings. The van der Waals surface area contributed by atoms with Crippen molar-refractivity contribution in [2.75, 3.05) is 26.7 Å². The smallest absolute Gasteiger partial charge is 0.355 e. The molecular formula is C14H23F3N6O2S. The van der Waals surface area contributed by atoms with E-state index < -0.39 is 15.5 Å². The number of aryl methyl sites for hydroxylation is 1. The molecule has 0 aromatic carbocycles. The predicted octanol–water partition coefficient (Wildman–Crippen LogP) is 0.671. The van der Waals surface area contributed by atoms with Gasteiger partial charge >= 0.3 is 15.5 Å². The van der Waals surface area contributed by atoms with Gasteiger partial charge in [-0.2, -0.15) is 22.6 Å². The van der Waals surface area contributed by atoms with Gasteiger partial charge in [-0.15, -0.1) is 0 Å². The quantitative estimate of drug-likeness (QED) is 0.564. The number of alkyl halides is 3. The molecule has 0 unspecified atom stereocenters. The van der Waals surface area contributed by atoms with Gasteiger partial charge in [-0.05, 0) is 25.3 Å². The molecule has 1 aliphatic heterocycles. The Morgan fingerprint density at radius 2 is 2.04 bits per heavy atom. The summed E-state index contributed by atoms with van der Waals surface area (Å²) in [6.07, 6.45) is 4.22. The van der Waals surface area contributed by atoms with Gasteiger partial charge in [0.25, 0.3) is 0 Å². The topological polar surface area (TPSA) is 91.6 Å². The second-order valence-electron chi connectivity index (χ2n) is 6.05. The van der Waals surface area contributed by atoms with Crippen molar-refractivity contribution >= 4 is 16.0 Å². The zero-order valence-corrected chi connectivity index (χ0v) is 15.4. The van der Waals surface area contributed by atoms with E-state index in [0.717, 1.165) is 5.56 Å². The molecule has 8 nitrogen and oxygen atoms in total. The third-order valence-corrected chi connectivity index (χ3v) is 5.68. The Morgan fingerprint density at radius 1 is 1.38 bits per heavy atom. The lowest BCUT2D eigenvalue weighted by Crippen LogP contribution is -2.51. The molecule has 148 valence electrons. The van der Waals surface area contributed by atoms with E-state index in [1.54, 1.807) is 17.9 Å². The van der Waals surface area contributed by atoms with Crippen molar-refractivity contribution in [1.29, 1.82) is 0 Å². The van der Waals surface area contributed by atoms with Crippen LogP contribution >= 0.6 is 0 Å². The van der Waals surface area contributed by atoms with Crippen molar-refractivity contribution in [2.45, 2.75) is 37.9 Å². The molecule has 0 radical (unpaired) electrons. The van der Waals surface area contributed by atoms with Gasteiger partial charge in [-0.3, -0.25) is 9.67 Å². The van der Waals surface area contributed by atoms with Crippen molar-refractivity contribution in [2.24, 2.45) is 4.99 Å². The number of halogens is 3. The van der Waals surface area contributed by atoms with E-state index in [4.69, 9.17) is 0 Å². The molecule has 0 atom stereocenters. The molecule has 1 fully saturated rings. The second kappa shape index (κ2) is 8.25. The van der Waals surface area contributed by atoms with Crippen LogP contribution in [0.25, 0.3) is 0 Å². The van der Waals surface area contributed by atoms with Gasteiger partial charge in [0.1, 0.15) is 0 Å². The number of nitrogens with zero attached hydrogens (tertiary/aromatic N) is 4. The highest BCUT2D eigenvalue weighted by Gasteiger charge is 2.50. The highest BCUT2D eigenvalue weighted by Crippen LogP contribution is 2.28. The zero-order valence-electron chi connectivity index (χ0n) is 14.6. The van der Waals surface area contributed by atoms with E-state index >= 15 is 0 Å². The number of sulfonamides is 1. The summed E-state index contributed by atoms with van der Waals surface area (Å²) in [7, 11) is -3.66. The lowest BCUT2D eigenvalue weighted by atomic mass is 10.1. The van der Waals surface area contributed by atoms with Crippen molar-refractivity contribution in [3.8, 4) is 0 Å². The van der Waals surface area contributed by atoms with Crippen molar-refractivity contribution in [3.05, 3.63) is 18.0 Å². The van der Waals surface area contributed by atoms with Gasteiger partial charge in [0, 0.05) is 38.9 Å². The molecule has 0 aliphatic carbocycles. The van der Waals surface area contributed by atoms with Crippen LogP contribution in [0, 0.1) is 6.92 Å². The SMILES string of the molecule is CN=C(NCCn1cc(C)cn1)NC1CCN(S(=O)(=O)C(F)(F)F)CC1. The average Bonchev–Trinajstić information content (AvgIpc) is 2.98. The van der Waals surface area contributed by atoms with Gasteiger partial charge in [0.05, 0.1) is 12.7 Å². The van der Waals surface area contributed by atoms with E-state index in [1.807, 2.05) is 13.1 Å². The second-order valence-corrected chi connectivity index (χ2v) is 7.98. The first-order valence-electron chi connectivity index (χ1n) is 8.16. The number of aliphatic imine (C=N–C) groups is 1. The van der Waals surface area contributed by atoms with Gasteiger partial charge < -0.3 is 10.6 Å². The Bertz CT molecular complexity index is 723. The van der Waals surface area contributed by atoms with Crippen LogP contribution in [0.3, 0.4) is 0 Å². The van der Waals surface area contributed by atoms with E-state index in [-0.39, 0.29) is 32.0 Å². The summed E-state index contributed by atoms with van der Waals surface area (Å²) in [5.74, 6) is 0.519. The molecule has 0 saturated carbocycles. The molecule has 2 rings (SSSR count). The molecule has 12 heteroatoms. The zero-order chi connectivity index (χ0) is 19.4. The lowest BCUT2D eigenvalue weighted by molar-refractivity contribution is -0.0494. The Morgan fingerprint density at radius 3 is 2.54 bits per heavy atom. The molecule has 0 amide bonds. The number of hydrogen-bond donors (Lipinski definition) is 2. The Hall–Kier alpha value is -1.82. The maximum Gasteiger partial charge on any atom is 0.511 e. The number of piperidine rings is 1. The molecule has 1 saturated heterocycles. The summed E-state index contributed by atoms with van der Waals surface area (Å²) in [5.41, 5.74) is -4.19. The van der Waals surface area contributed by atoms with Crippen LogP contribution in [0.15, 0.2) is 17.4 Å². The first-order chi connectivity index (χ1) is 12.1. The third-order valence-electron chi connectivity index (χ3n) is 4.05. The fourth-order valence-corrected chi connectivity index (χ4v) is 3.64. The molecular weight excluding hydrogens is 373 g/mol. The fourth-order valence-electron chi connectivity index (χ4n) is 2.65. The van der Waals surface area contributed by atoms with Crippen LogP contribution in [0.2, 0.25) is 0 Å². The normalized spacial score (nSPS) is 18.1. The lowest BCUT2D eigenvalue weighted by Gasteiger charge is -2.32. The minimum Gasteiger partial charge on any atom is -0.355 e. The van der Waals surface area contributed by atoms with E-state index in [2.05, 4.69) is 20.7 Å². The summed E-state index contributed by atoms with van der Waals surface area (Å²) in [6.45, 7) is 2.80. The average molecular weight is 396 g/mol. The highest BCUT2D eigenvalue weighted by molar-refractivity contribution is 7.90. The Labute approximate surface area is 150 Å². The van der Waals surface area contributed by atoms with Gasteiger partial charge in [0.15, 0.2) is 5.96 Å². The highest BCUT2D eigenvalue weighted by atomic mass is 32.2. The van der Waals surface area contributed by atoms with Crippen molar-refractivity contribution in [3.63, 3.8) is 0 Å². The number of aromatic nitrogens is 2. The van der Waals surface area contributed by atoms with Gasteiger partial charge in [-0.1, -0.05) is 0 Å². The first kappa shape index (κ1) is 20.5. The Kier molecular flexibility index (Phi) is 6.50. The van der Waals surface area contributed by atoms with Crippen molar-refractivity contribution < 1.29 is 21.6 Å². The molecule has 0 bridgehead atoms. The molecule has 26 heavy (non-hydrogen) atoms. The van der Waals surface area contributed by atoms with E-state index in [9.17, 15) is 21.6 Å². The summed E-state index contributed by atoms with van der Waals surface area (Å²) in [6, 6.07) is -0.146. The summed E-state index contributed by atoms with van der Waals surface area (Å²) < 4.78 is 62.8. The molecule has 0 spiro atoms. The summed E-state index contributed by atoms with van der Waals surface area (Å²) in [4.78, 5) is 4.08. The predicted molar refractivity (Wildman–Crippen MR) is 91.0 cm³/mol. The number of hydrogen-bond acceptors (Lipinski definition) is 4. The van der Waals surface area contributed by atoms with Gasteiger partial charge in [0.2, 0.25) is 0 Å². The maximum atomic E-state index is 12.6. The van der Waals surface area contributed by atoms with Crippen LogP contribution in [0.5, 0.6) is 0 Å². The molecule has 1 aliphatic rings. The van der Waals surface area contributed by atoms with E-state index in [0.29, 0.717) is 23.4 Å². The molecule has 2 N–H and O–H groups in total. The Balaban J connectivity index is 1.78. The minimum absolute atomic E-state index is 0.146. The summed E-state index contributed by atoms with van der Waals surface area (Å²) >= 11 is 0. The van der Waals surface area contributed by atoms with Crippen LogP contribution in [0.4, 0.5) is 13.2 Å². The third kappa shape index (κ3) is 5.10. The first-order valence-corrected chi connectivity index (χ1v) is 9.60. The fraction of sp³-hybridized carbons (Fsp3) is 0.714. The van der Waals surface area contributed by atoms with Gasteiger partial charge in [-0.25, -0.2) is 8.42 Å². The minimum atomic E-state index is -5.25.